The van der Waals surface area contributed by atoms with E-state index in [1.165, 1.54) is 13.5 Å². The number of hydrogen-bond acceptors (Lipinski definition) is 3. The molecule has 5 heteroatoms. The van der Waals surface area contributed by atoms with Gasteiger partial charge in [-0.1, -0.05) is 20.8 Å². The number of ether oxygens (including phenoxy) is 1. The van der Waals surface area contributed by atoms with Crippen LogP contribution < -0.4 is 0 Å². The summed E-state index contributed by atoms with van der Waals surface area (Å²) in [5, 5.41) is 0. The van der Waals surface area contributed by atoms with Crippen LogP contribution in [0.25, 0.3) is 0 Å². The lowest BCUT2D eigenvalue weighted by Gasteiger charge is -2.40. The second-order valence-corrected chi connectivity index (χ2v) is 7.82. The molecule has 0 radical (unpaired) electrons. The molecule has 0 spiro atoms. The van der Waals surface area contributed by atoms with Crippen molar-refractivity contribution < 1.29 is 14.3 Å². The third-order valence-corrected chi connectivity index (χ3v) is 5.01. The molecule has 5 nitrogen and oxygen atoms in total. The number of nitrogens with zero attached hydrogens (tertiary/aromatic N) is 2. The van der Waals surface area contributed by atoms with E-state index in [9.17, 15) is 9.59 Å². The highest BCUT2D eigenvalue weighted by Gasteiger charge is 2.34. The van der Waals surface area contributed by atoms with Crippen molar-refractivity contribution in [3.05, 3.63) is 0 Å². The number of amides is 2. The first-order valence-electron chi connectivity index (χ1n) is 8.41. The van der Waals surface area contributed by atoms with E-state index in [4.69, 9.17) is 4.74 Å². The van der Waals surface area contributed by atoms with Gasteiger partial charge in [-0.3, -0.25) is 4.79 Å². The van der Waals surface area contributed by atoms with Crippen LogP contribution in [-0.4, -0.2) is 55.1 Å². The van der Waals surface area contributed by atoms with Crippen LogP contribution in [0.4, 0.5) is 4.79 Å². The molecule has 0 aromatic carbocycles. The topological polar surface area (TPSA) is 49.9 Å². The van der Waals surface area contributed by atoms with Crippen LogP contribution in [0.3, 0.4) is 0 Å². The fourth-order valence-electron chi connectivity index (χ4n) is 4.34. The minimum Gasteiger partial charge on any atom is -0.453 e. The van der Waals surface area contributed by atoms with Crippen molar-refractivity contribution in [2.24, 2.45) is 17.3 Å². The van der Waals surface area contributed by atoms with Crippen LogP contribution in [0.2, 0.25) is 0 Å². The number of rotatable bonds is 2. The Balaban J connectivity index is 1.82. The molecular formula is C17H30N2O3. The van der Waals surface area contributed by atoms with E-state index in [1.807, 2.05) is 4.90 Å². The quantitative estimate of drug-likeness (QED) is 0.788. The van der Waals surface area contributed by atoms with E-state index in [2.05, 4.69) is 20.8 Å². The Hall–Kier alpha value is -1.26. The molecule has 0 bridgehead atoms. The van der Waals surface area contributed by atoms with Crippen molar-refractivity contribution in [1.29, 1.82) is 0 Å². The Morgan fingerprint density at radius 1 is 1.09 bits per heavy atom. The maximum Gasteiger partial charge on any atom is 0.409 e. The van der Waals surface area contributed by atoms with Crippen LogP contribution in [0, 0.1) is 17.3 Å². The summed E-state index contributed by atoms with van der Waals surface area (Å²) < 4.78 is 4.73. The summed E-state index contributed by atoms with van der Waals surface area (Å²) in [6.45, 7) is 9.33. The molecule has 0 aromatic heterocycles. The third kappa shape index (κ3) is 4.37. The van der Waals surface area contributed by atoms with E-state index in [1.54, 1.807) is 4.90 Å². The smallest absolute Gasteiger partial charge is 0.409 e. The second-order valence-electron chi connectivity index (χ2n) is 7.82. The summed E-state index contributed by atoms with van der Waals surface area (Å²) in [5.41, 5.74) is 0.353. The molecule has 1 saturated carbocycles. The van der Waals surface area contributed by atoms with Gasteiger partial charge in [0.25, 0.3) is 0 Å². The SMILES string of the molecule is COC(=O)N1CCN(C(=O)CC2CC(C)CC(C)(C)C2)CC1. The van der Waals surface area contributed by atoms with Gasteiger partial charge < -0.3 is 14.5 Å². The minimum absolute atomic E-state index is 0.249. The average molecular weight is 310 g/mol. The molecule has 0 aromatic rings. The summed E-state index contributed by atoms with van der Waals surface area (Å²) >= 11 is 0. The molecule has 2 fully saturated rings. The van der Waals surface area contributed by atoms with E-state index < -0.39 is 0 Å². The van der Waals surface area contributed by atoms with Gasteiger partial charge in [0.1, 0.15) is 0 Å². The van der Waals surface area contributed by atoms with Gasteiger partial charge >= 0.3 is 6.09 Å². The maximum atomic E-state index is 12.5. The largest absolute Gasteiger partial charge is 0.453 e. The van der Waals surface area contributed by atoms with Gasteiger partial charge in [0.2, 0.25) is 5.91 Å². The van der Waals surface area contributed by atoms with E-state index in [0.717, 1.165) is 12.8 Å². The second kappa shape index (κ2) is 6.88. The molecule has 1 aliphatic carbocycles. The summed E-state index contributed by atoms with van der Waals surface area (Å²) in [4.78, 5) is 27.6. The molecule has 22 heavy (non-hydrogen) atoms. The molecule has 1 aliphatic heterocycles. The Bertz CT molecular complexity index is 414. The zero-order chi connectivity index (χ0) is 16.3. The lowest BCUT2D eigenvalue weighted by atomic mass is 9.67. The third-order valence-electron chi connectivity index (χ3n) is 5.01. The van der Waals surface area contributed by atoms with Crippen LogP contribution in [-0.2, 0) is 9.53 Å². The minimum atomic E-state index is -0.296. The highest BCUT2D eigenvalue weighted by Crippen LogP contribution is 2.42. The Morgan fingerprint density at radius 3 is 2.23 bits per heavy atom. The van der Waals surface area contributed by atoms with Gasteiger partial charge in [0.15, 0.2) is 0 Å². The first-order valence-corrected chi connectivity index (χ1v) is 8.41. The standard InChI is InChI=1S/C17H30N2O3/c1-13-9-14(12-17(2,3)11-13)10-15(20)18-5-7-19(8-6-18)16(21)22-4/h13-14H,5-12H2,1-4H3. The van der Waals surface area contributed by atoms with Crippen molar-refractivity contribution in [2.45, 2.75) is 46.5 Å². The van der Waals surface area contributed by atoms with E-state index in [-0.39, 0.29) is 12.0 Å². The highest BCUT2D eigenvalue weighted by molar-refractivity contribution is 5.77. The fourth-order valence-corrected chi connectivity index (χ4v) is 4.34. The van der Waals surface area contributed by atoms with Crippen LogP contribution >= 0.6 is 0 Å². The molecule has 0 N–H and O–H groups in total. The molecule has 2 unspecified atom stereocenters. The van der Waals surface area contributed by atoms with Crippen molar-refractivity contribution in [3.8, 4) is 0 Å². The monoisotopic (exact) mass is 310 g/mol. The number of carbonyl (C=O) groups excluding carboxylic acids is 2. The van der Waals surface area contributed by atoms with E-state index >= 15 is 0 Å². The number of piperazine rings is 1. The first-order chi connectivity index (χ1) is 10.3. The molecule has 1 heterocycles. The summed E-state index contributed by atoms with van der Waals surface area (Å²) in [6.07, 6.45) is 3.93. The molecular weight excluding hydrogens is 280 g/mol. The van der Waals surface area contributed by atoms with E-state index in [0.29, 0.717) is 49.9 Å². The predicted molar refractivity (Wildman–Crippen MR) is 85.5 cm³/mol. The summed E-state index contributed by atoms with van der Waals surface area (Å²) in [5.74, 6) is 1.46. The van der Waals surface area contributed by atoms with Crippen LogP contribution in [0.5, 0.6) is 0 Å². The molecule has 2 rings (SSSR count). The van der Waals surface area contributed by atoms with Crippen LogP contribution in [0.15, 0.2) is 0 Å². The van der Waals surface area contributed by atoms with Crippen molar-refractivity contribution >= 4 is 12.0 Å². The number of carbonyl (C=O) groups is 2. The van der Waals surface area contributed by atoms with Gasteiger partial charge in [-0.2, -0.15) is 0 Å². The van der Waals surface area contributed by atoms with Crippen LogP contribution in [0.1, 0.15) is 46.5 Å². The Labute approximate surface area is 134 Å². The van der Waals surface area contributed by atoms with Gasteiger partial charge in [-0.25, -0.2) is 4.79 Å². The normalized spacial score (nSPS) is 28.4. The van der Waals surface area contributed by atoms with Crippen molar-refractivity contribution in [2.75, 3.05) is 33.3 Å². The summed E-state index contributed by atoms with van der Waals surface area (Å²) in [6, 6.07) is 0. The van der Waals surface area contributed by atoms with Gasteiger partial charge in [-0.15, -0.1) is 0 Å². The molecule has 2 aliphatic rings. The van der Waals surface area contributed by atoms with Crippen molar-refractivity contribution in [1.82, 2.24) is 9.80 Å². The fraction of sp³-hybridized carbons (Fsp3) is 0.882. The molecule has 1 saturated heterocycles. The molecule has 2 atom stereocenters. The summed E-state index contributed by atoms with van der Waals surface area (Å²) in [7, 11) is 1.39. The van der Waals surface area contributed by atoms with Gasteiger partial charge in [0, 0.05) is 32.6 Å². The Kier molecular flexibility index (Phi) is 5.35. The first kappa shape index (κ1) is 17.1. The zero-order valence-corrected chi connectivity index (χ0v) is 14.4. The van der Waals surface area contributed by atoms with Gasteiger partial charge in [-0.05, 0) is 36.5 Å². The Morgan fingerprint density at radius 2 is 1.68 bits per heavy atom. The predicted octanol–water partition coefficient (Wildman–Crippen LogP) is 2.75. The number of methoxy groups -OCH3 is 1. The maximum absolute atomic E-state index is 12.5. The average Bonchev–Trinajstić information content (AvgIpc) is 2.44. The van der Waals surface area contributed by atoms with Crippen molar-refractivity contribution in [3.63, 3.8) is 0 Å². The lowest BCUT2D eigenvalue weighted by Crippen LogP contribution is -2.51. The number of hydrogen-bond donors (Lipinski definition) is 0. The lowest BCUT2D eigenvalue weighted by molar-refractivity contribution is -0.134. The molecule has 126 valence electrons. The highest BCUT2D eigenvalue weighted by atomic mass is 16.5. The molecule has 2 amide bonds. The zero-order valence-electron chi connectivity index (χ0n) is 14.4. The van der Waals surface area contributed by atoms with Gasteiger partial charge in [0.05, 0.1) is 7.11 Å².